The molecule has 1 aliphatic rings. The van der Waals surface area contributed by atoms with E-state index in [-0.39, 0.29) is 23.5 Å². The first-order valence-corrected chi connectivity index (χ1v) is 11.6. The summed E-state index contributed by atoms with van der Waals surface area (Å²) in [5.74, 6) is 0.384. The van der Waals surface area contributed by atoms with Crippen LogP contribution in [-0.2, 0) is 6.54 Å². The van der Waals surface area contributed by atoms with Crippen LogP contribution in [0.5, 0.6) is 11.5 Å². The minimum absolute atomic E-state index is 0.0604. The highest BCUT2D eigenvalue weighted by molar-refractivity contribution is 7.09. The van der Waals surface area contributed by atoms with E-state index in [0.717, 1.165) is 4.88 Å². The number of nitrogens with zero attached hydrogens (tertiary/aromatic N) is 3. The predicted molar refractivity (Wildman–Crippen MR) is 128 cm³/mol. The fraction of sp³-hybridized carbons (Fsp3) is 0.160. The van der Waals surface area contributed by atoms with Crippen molar-refractivity contribution >= 4 is 22.9 Å². The molecule has 3 heterocycles. The standard InChI is InChI=1S/C25H21FN4O4S/c1-14-21(24-28-23(29-34-24)15-5-8-17(26)9-6-15)22(16-7-10-20(33-2)19(31)12-16)27-25(32)30(14)13-18-4-3-11-35-18/h3-12,22,31H,13H2,1-2H3,(H,27,32). The molecule has 1 aliphatic heterocycles. The lowest BCUT2D eigenvalue weighted by molar-refractivity contribution is 0.203. The summed E-state index contributed by atoms with van der Waals surface area (Å²) in [6.07, 6.45) is 0. The van der Waals surface area contributed by atoms with E-state index in [1.165, 1.54) is 25.3 Å². The van der Waals surface area contributed by atoms with E-state index >= 15 is 0 Å². The van der Waals surface area contributed by atoms with Crippen LogP contribution in [0.1, 0.15) is 29.3 Å². The largest absolute Gasteiger partial charge is 0.504 e. The van der Waals surface area contributed by atoms with Gasteiger partial charge in [-0.15, -0.1) is 11.3 Å². The molecule has 178 valence electrons. The summed E-state index contributed by atoms with van der Waals surface area (Å²) < 4.78 is 24.1. The summed E-state index contributed by atoms with van der Waals surface area (Å²) >= 11 is 1.55. The minimum Gasteiger partial charge on any atom is -0.504 e. The van der Waals surface area contributed by atoms with E-state index in [0.29, 0.717) is 40.5 Å². The van der Waals surface area contributed by atoms with E-state index in [4.69, 9.17) is 9.26 Å². The molecule has 2 aromatic carbocycles. The van der Waals surface area contributed by atoms with Crippen LogP contribution in [0.4, 0.5) is 9.18 Å². The van der Waals surface area contributed by atoms with Gasteiger partial charge in [0.25, 0.3) is 5.89 Å². The van der Waals surface area contributed by atoms with E-state index in [1.807, 2.05) is 24.4 Å². The molecule has 0 fully saturated rings. The maximum absolute atomic E-state index is 13.4. The molecule has 2 N–H and O–H groups in total. The number of rotatable bonds is 6. The number of thiophene rings is 1. The van der Waals surface area contributed by atoms with Gasteiger partial charge in [-0.05, 0) is 60.3 Å². The zero-order chi connectivity index (χ0) is 24.5. The van der Waals surface area contributed by atoms with Crippen molar-refractivity contribution in [1.82, 2.24) is 20.4 Å². The molecule has 0 aliphatic carbocycles. The molecule has 1 unspecified atom stereocenters. The van der Waals surface area contributed by atoms with Crippen molar-refractivity contribution in [2.75, 3.05) is 7.11 Å². The van der Waals surface area contributed by atoms with Crippen molar-refractivity contribution in [3.63, 3.8) is 0 Å². The van der Waals surface area contributed by atoms with Gasteiger partial charge in [0.15, 0.2) is 11.5 Å². The Bertz CT molecular complexity index is 1400. The van der Waals surface area contributed by atoms with Crippen LogP contribution >= 0.6 is 11.3 Å². The van der Waals surface area contributed by atoms with Gasteiger partial charge in [0.1, 0.15) is 5.82 Å². The average molecular weight is 493 g/mol. The number of carbonyl (C=O) groups excluding carboxylic acids is 1. The molecule has 0 saturated heterocycles. The number of nitrogens with one attached hydrogen (secondary N) is 1. The smallest absolute Gasteiger partial charge is 0.322 e. The van der Waals surface area contributed by atoms with Crippen molar-refractivity contribution in [2.24, 2.45) is 0 Å². The second kappa shape index (κ2) is 9.22. The van der Waals surface area contributed by atoms with Gasteiger partial charge < -0.3 is 19.7 Å². The van der Waals surface area contributed by atoms with Crippen LogP contribution < -0.4 is 10.1 Å². The molecule has 1 atom stereocenters. The van der Waals surface area contributed by atoms with Crippen molar-refractivity contribution in [1.29, 1.82) is 0 Å². The highest BCUT2D eigenvalue weighted by atomic mass is 32.1. The summed E-state index contributed by atoms with van der Waals surface area (Å²) in [6, 6.07) is 13.6. The molecule has 0 saturated carbocycles. The van der Waals surface area contributed by atoms with Crippen molar-refractivity contribution in [2.45, 2.75) is 19.5 Å². The van der Waals surface area contributed by atoms with Gasteiger partial charge in [-0.3, -0.25) is 4.90 Å². The highest BCUT2D eigenvalue weighted by Gasteiger charge is 2.36. The number of phenols is 1. The van der Waals surface area contributed by atoms with Crippen LogP contribution in [0.3, 0.4) is 0 Å². The van der Waals surface area contributed by atoms with E-state index in [2.05, 4.69) is 15.5 Å². The molecule has 0 radical (unpaired) electrons. The topological polar surface area (TPSA) is 101 Å². The lowest BCUT2D eigenvalue weighted by atomic mass is 9.94. The summed E-state index contributed by atoms with van der Waals surface area (Å²) in [5.41, 5.74) is 2.43. The number of carbonyl (C=O) groups is 1. The number of phenolic OH excluding ortho intramolecular Hbond substituents is 1. The number of aromatic hydroxyl groups is 1. The summed E-state index contributed by atoms with van der Waals surface area (Å²) in [6.45, 7) is 2.19. The van der Waals surface area contributed by atoms with Crippen molar-refractivity contribution in [3.8, 4) is 22.9 Å². The van der Waals surface area contributed by atoms with Crippen LogP contribution in [0, 0.1) is 5.82 Å². The average Bonchev–Trinajstić information content (AvgIpc) is 3.54. The first-order valence-electron chi connectivity index (χ1n) is 10.7. The summed E-state index contributed by atoms with van der Waals surface area (Å²) in [7, 11) is 1.46. The van der Waals surface area contributed by atoms with Crippen molar-refractivity contribution in [3.05, 3.63) is 87.8 Å². The molecule has 0 spiro atoms. The molecule has 2 aromatic heterocycles. The number of hydrogen-bond acceptors (Lipinski definition) is 7. The van der Waals surface area contributed by atoms with Gasteiger partial charge in [-0.1, -0.05) is 17.3 Å². The first kappa shape index (κ1) is 22.6. The fourth-order valence-corrected chi connectivity index (χ4v) is 4.69. The second-order valence-electron chi connectivity index (χ2n) is 7.91. The predicted octanol–water partition coefficient (Wildman–Crippen LogP) is 5.35. The molecule has 2 amide bonds. The minimum atomic E-state index is -0.666. The Balaban J connectivity index is 1.60. The number of methoxy groups -OCH3 is 1. The maximum Gasteiger partial charge on any atom is 0.322 e. The van der Waals surface area contributed by atoms with Gasteiger partial charge in [0, 0.05) is 16.1 Å². The van der Waals surface area contributed by atoms with E-state index < -0.39 is 6.04 Å². The summed E-state index contributed by atoms with van der Waals surface area (Å²) in [5, 5.41) is 19.4. The van der Waals surface area contributed by atoms with Gasteiger partial charge in [-0.25, -0.2) is 9.18 Å². The third-order valence-electron chi connectivity index (χ3n) is 5.79. The third-order valence-corrected chi connectivity index (χ3v) is 6.65. The second-order valence-corrected chi connectivity index (χ2v) is 8.94. The Morgan fingerprint density at radius 3 is 2.71 bits per heavy atom. The van der Waals surface area contributed by atoms with Crippen LogP contribution in [0.15, 0.2) is 70.2 Å². The molecule has 8 nitrogen and oxygen atoms in total. The Labute approximate surface area is 204 Å². The Morgan fingerprint density at radius 2 is 2.03 bits per heavy atom. The van der Waals surface area contributed by atoms with Crippen molar-refractivity contribution < 1.29 is 23.6 Å². The molecule has 35 heavy (non-hydrogen) atoms. The third kappa shape index (κ3) is 4.35. The molecule has 0 bridgehead atoms. The number of aromatic nitrogens is 2. The van der Waals surface area contributed by atoms with Gasteiger partial charge >= 0.3 is 6.03 Å². The number of amides is 2. The molecular weight excluding hydrogens is 471 g/mol. The maximum atomic E-state index is 13.4. The molecule has 5 rings (SSSR count). The molecule has 10 heteroatoms. The lowest BCUT2D eigenvalue weighted by Crippen LogP contribution is -2.45. The normalized spacial score (nSPS) is 15.9. The zero-order valence-electron chi connectivity index (χ0n) is 18.9. The zero-order valence-corrected chi connectivity index (χ0v) is 19.7. The SMILES string of the molecule is COc1ccc(C2NC(=O)N(Cc3cccs3)C(C)=C2c2nc(-c3ccc(F)cc3)no2)cc1O. The Kier molecular flexibility index (Phi) is 5.96. The highest BCUT2D eigenvalue weighted by Crippen LogP contribution is 2.40. The van der Waals surface area contributed by atoms with Crippen LogP contribution in [-0.4, -0.2) is 33.3 Å². The number of allylic oxidation sites excluding steroid dienone is 1. The Morgan fingerprint density at radius 1 is 1.23 bits per heavy atom. The van der Waals surface area contributed by atoms with E-state index in [9.17, 15) is 14.3 Å². The van der Waals surface area contributed by atoms with Gasteiger partial charge in [0.2, 0.25) is 5.82 Å². The fourth-order valence-electron chi connectivity index (χ4n) is 3.99. The molecule has 4 aromatic rings. The quantitative estimate of drug-likeness (QED) is 0.376. The Hall–Kier alpha value is -4.18. The van der Waals surface area contributed by atoms with Crippen LogP contribution in [0.25, 0.3) is 17.0 Å². The number of urea groups is 1. The summed E-state index contributed by atoms with van der Waals surface area (Å²) in [4.78, 5) is 20.3. The molecular formula is C25H21FN4O4S. The number of halogens is 1. The lowest BCUT2D eigenvalue weighted by Gasteiger charge is -2.35. The first-order chi connectivity index (χ1) is 16.9. The number of hydrogen-bond donors (Lipinski definition) is 2. The monoisotopic (exact) mass is 492 g/mol. The van der Waals surface area contributed by atoms with Gasteiger partial charge in [0.05, 0.1) is 25.3 Å². The van der Waals surface area contributed by atoms with Gasteiger partial charge in [-0.2, -0.15) is 4.98 Å². The number of ether oxygens (including phenoxy) is 1. The van der Waals surface area contributed by atoms with E-state index in [1.54, 1.807) is 40.5 Å². The van der Waals surface area contributed by atoms with Crippen LogP contribution in [0.2, 0.25) is 0 Å². The number of benzene rings is 2.